The van der Waals surface area contributed by atoms with Crippen molar-refractivity contribution in [2.75, 3.05) is 0 Å². The Morgan fingerprint density at radius 1 is 1.42 bits per heavy atom. The van der Waals surface area contributed by atoms with Crippen LogP contribution in [0.2, 0.25) is 0 Å². The van der Waals surface area contributed by atoms with Gasteiger partial charge >= 0.3 is 0 Å². The third-order valence-corrected chi connectivity index (χ3v) is 3.70. The Labute approximate surface area is 114 Å². The van der Waals surface area contributed by atoms with Gasteiger partial charge in [-0.1, -0.05) is 24.6 Å². The predicted molar refractivity (Wildman–Crippen MR) is 75.7 cm³/mol. The number of aryl methyl sites for hydroxylation is 1. The normalized spacial score (nSPS) is 24.2. The fourth-order valence-electron chi connectivity index (χ4n) is 2.66. The van der Waals surface area contributed by atoms with Gasteiger partial charge in [-0.3, -0.25) is 0 Å². The third-order valence-electron chi connectivity index (χ3n) is 3.70. The monoisotopic (exact) mass is 262 g/mol. The van der Waals surface area contributed by atoms with Crippen molar-refractivity contribution in [3.05, 3.63) is 29.3 Å². The summed E-state index contributed by atoms with van der Waals surface area (Å²) in [5, 5.41) is 11.9. The second-order valence-electron chi connectivity index (χ2n) is 5.50. The average Bonchev–Trinajstić information content (AvgIpc) is 2.38. The summed E-state index contributed by atoms with van der Waals surface area (Å²) >= 11 is 0. The molecule has 4 nitrogen and oxygen atoms in total. The average molecular weight is 262 g/mol. The molecule has 0 saturated heterocycles. The maximum Gasteiger partial charge on any atom is 0.173 e. The van der Waals surface area contributed by atoms with Crippen molar-refractivity contribution < 1.29 is 9.94 Å². The van der Waals surface area contributed by atoms with Crippen molar-refractivity contribution in [2.45, 2.75) is 45.6 Å². The minimum absolute atomic E-state index is 0.0962. The minimum atomic E-state index is 0.0962. The number of hydrogen-bond donors (Lipinski definition) is 2. The number of amidine groups is 1. The van der Waals surface area contributed by atoms with Crippen LogP contribution in [-0.4, -0.2) is 17.1 Å². The van der Waals surface area contributed by atoms with E-state index in [0.29, 0.717) is 11.5 Å². The second kappa shape index (κ2) is 5.95. The van der Waals surface area contributed by atoms with Crippen LogP contribution in [0, 0.1) is 12.8 Å². The zero-order chi connectivity index (χ0) is 13.8. The van der Waals surface area contributed by atoms with Crippen LogP contribution >= 0.6 is 0 Å². The van der Waals surface area contributed by atoms with E-state index >= 15 is 0 Å². The van der Waals surface area contributed by atoms with Crippen LogP contribution in [0.4, 0.5) is 0 Å². The molecule has 0 spiro atoms. The number of ether oxygens (including phenoxy) is 1. The van der Waals surface area contributed by atoms with Gasteiger partial charge in [-0.05, 0) is 49.8 Å². The van der Waals surface area contributed by atoms with Crippen molar-refractivity contribution in [2.24, 2.45) is 16.8 Å². The van der Waals surface area contributed by atoms with Gasteiger partial charge in [0, 0.05) is 0 Å². The molecule has 1 aliphatic rings. The first-order valence-electron chi connectivity index (χ1n) is 6.85. The second-order valence-corrected chi connectivity index (χ2v) is 5.50. The maximum absolute atomic E-state index is 8.84. The number of oxime groups is 1. The SMILES string of the molecule is Cc1ccc(C(N)=NO)c(OC2CCCC(C)C2)c1. The van der Waals surface area contributed by atoms with Gasteiger partial charge in [0.2, 0.25) is 0 Å². The number of nitrogens with two attached hydrogens (primary N) is 1. The van der Waals surface area contributed by atoms with Gasteiger partial charge in [0.1, 0.15) is 5.75 Å². The Bertz CT molecular complexity index is 471. The summed E-state index contributed by atoms with van der Waals surface area (Å²) in [6.45, 7) is 4.27. The fraction of sp³-hybridized carbons (Fsp3) is 0.533. The molecule has 0 radical (unpaired) electrons. The highest BCUT2D eigenvalue weighted by molar-refractivity contribution is 5.99. The van der Waals surface area contributed by atoms with Gasteiger partial charge in [-0.15, -0.1) is 0 Å². The molecule has 2 rings (SSSR count). The molecular formula is C15H22N2O2. The molecule has 3 N–H and O–H groups in total. The van der Waals surface area contributed by atoms with Crippen molar-refractivity contribution in [3.8, 4) is 5.75 Å². The summed E-state index contributed by atoms with van der Waals surface area (Å²) in [4.78, 5) is 0. The van der Waals surface area contributed by atoms with Crippen LogP contribution in [0.15, 0.2) is 23.4 Å². The van der Waals surface area contributed by atoms with Crippen LogP contribution < -0.4 is 10.5 Å². The summed E-state index contributed by atoms with van der Waals surface area (Å²) in [7, 11) is 0. The molecule has 19 heavy (non-hydrogen) atoms. The van der Waals surface area contributed by atoms with E-state index in [9.17, 15) is 0 Å². The standard InChI is InChI=1S/C15H22N2O2/c1-10-4-3-5-12(8-10)19-14-9-11(2)6-7-13(14)15(16)17-18/h6-7,9-10,12,18H,3-5,8H2,1-2H3,(H2,16,17). The Hall–Kier alpha value is -1.71. The van der Waals surface area contributed by atoms with Crippen molar-refractivity contribution in [1.82, 2.24) is 0 Å². The zero-order valence-corrected chi connectivity index (χ0v) is 11.6. The van der Waals surface area contributed by atoms with Gasteiger partial charge in [-0.25, -0.2) is 0 Å². The number of rotatable bonds is 3. The molecule has 1 aliphatic carbocycles. The summed E-state index contributed by atoms with van der Waals surface area (Å²) in [5.41, 5.74) is 7.46. The zero-order valence-electron chi connectivity index (χ0n) is 11.6. The number of nitrogens with zero attached hydrogens (tertiary/aromatic N) is 1. The van der Waals surface area contributed by atoms with E-state index in [-0.39, 0.29) is 11.9 Å². The van der Waals surface area contributed by atoms with E-state index < -0.39 is 0 Å². The third kappa shape index (κ3) is 3.40. The fourth-order valence-corrected chi connectivity index (χ4v) is 2.66. The van der Waals surface area contributed by atoms with E-state index in [1.165, 1.54) is 12.8 Å². The lowest BCUT2D eigenvalue weighted by Gasteiger charge is -2.28. The molecule has 2 atom stereocenters. The Morgan fingerprint density at radius 2 is 2.21 bits per heavy atom. The molecule has 0 heterocycles. The van der Waals surface area contributed by atoms with Crippen molar-refractivity contribution in [3.63, 3.8) is 0 Å². The molecular weight excluding hydrogens is 240 g/mol. The van der Waals surface area contributed by atoms with E-state index in [2.05, 4.69) is 12.1 Å². The van der Waals surface area contributed by atoms with Gasteiger partial charge in [-0.2, -0.15) is 0 Å². The molecule has 0 aliphatic heterocycles. The molecule has 1 fully saturated rings. The highest BCUT2D eigenvalue weighted by Gasteiger charge is 2.21. The van der Waals surface area contributed by atoms with Crippen molar-refractivity contribution in [1.29, 1.82) is 0 Å². The van der Waals surface area contributed by atoms with Gasteiger partial charge in [0.25, 0.3) is 0 Å². The van der Waals surface area contributed by atoms with Gasteiger partial charge in [0.05, 0.1) is 11.7 Å². The van der Waals surface area contributed by atoms with E-state index in [4.69, 9.17) is 15.7 Å². The van der Waals surface area contributed by atoms with Gasteiger partial charge < -0.3 is 15.7 Å². The summed E-state index contributed by atoms with van der Waals surface area (Å²) in [5.74, 6) is 1.52. The number of benzene rings is 1. The summed E-state index contributed by atoms with van der Waals surface area (Å²) in [6.07, 6.45) is 4.87. The smallest absolute Gasteiger partial charge is 0.173 e. The van der Waals surface area contributed by atoms with Crippen LogP contribution in [0.5, 0.6) is 5.75 Å². The molecule has 0 amide bonds. The largest absolute Gasteiger partial charge is 0.490 e. The first-order chi connectivity index (χ1) is 9.10. The van der Waals surface area contributed by atoms with E-state index in [1.54, 1.807) is 0 Å². The van der Waals surface area contributed by atoms with Crippen LogP contribution in [0.1, 0.15) is 43.7 Å². The van der Waals surface area contributed by atoms with Gasteiger partial charge in [0.15, 0.2) is 5.84 Å². The quantitative estimate of drug-likeness (QED) is 0.381. The molecule has 4 heteroatoms. The Balaban J connectivity index is 2.20. The van der Waals surface area contributed by atoms with Crippen LogP contribution in [-0.2, 0) is 0 Å². The lowest BCUT2D eigenvalue weighted by atomic mass is 9.88. The molecule has 2 unspecified atom stereocenters. The first-order valence-corrected chi connectivity index (χ1v) is 6.85. The molecule has 1 aromatic rings. The van der Waals surface area contributed by atoms with Crippen molar-refractivity contribution >= 4 is 5.84 Å². The molecule has 1 saturated carbocycles. The van der Waals surface area contributed by atoms with E-state index in [1.807, 2.05) is 25.1 Å². The topological polar surface area (TPSA) is 67.8 Å². The highest BCUT2D eigenvalue weighted by atomic mass is 16.5. The predicted octanol–water partition coefficient (Wildman–Crippen LogP) is 3.05. The molecule has 104 valence electrons. The Kier molecular flexibility index (Phi) is 4.30. The van der Waals surface area contributed by atoms with Crippen LogP contribution in [0.25, 0.3) is 0 Å². The van der Waals surface area contributed by atoms with Crippen LogP contribution in [0.3, 0.4) is 0 Å². The highest BCUT2D eigenvalue weighted by Crippen LogP contribution is 2.29. The minimum Gasteiger partial charge on any atom is -0.490 e. The lowest BCUT2D eigenvalue weighted by Crippen LogP contribution is -2.25. The molecule has 1 aromatic carbocycles. The number of hydrogen-bond acceptors (Lipinski definition) is 3. The van der Waals surface area contributed by atoms with E-state index in [0.717, 1.165) is 24.2 Å². The summed E-state index contributed by atoms with van der Waals surface area (Å²) < 4.78 is 6.09. The molecule has 0 aromatic heterocycles. The maximum atomic E-state index is 8.84. The summed E-state index contributed by atoms with van der Waals surface area (Å²) in [6, 6.07) is 5.72. The lowest BCUT2D eigenvalue weighted by molar-refractivity contribution is 0.129. The molecule has 0 bridgehead atoms. The Morgan fingerprint density at radius 3 is 2.89 bits per heavy atom. The first kappa shape index (κ1) is 13.7.